The molecule has 1 aliphatic heterocycles. The van der Waals surface area contributed by atoms with Gasteiger partial charge in [0, 0.05) is 31.7 Å². The average molecular weight is 382 g/mol. The van der Waals surface area contributed by atoms with E-state index in [-0.39, 0.29) is 16.8 Å². The fraction of sp³-hybridized carbons (Fsp3) is 0.632. The maximum absolute atomic E-state index is 12.8. The van der Waals surface area contributed by atoms with Crippen molar-refractivity contribution in [1.82, 2.24) is 14.5 Å². The van der Waals surface area contributed by atoms with Crippen molar-refractivity contribution in [2.45, 2.75) is 50.5 Å². The number of hydrogen-bond acceptors (Lipinski definition) is 4. The molecule has 1 aliphatic rings. The van der Waals surface area contributed by atoms with Crippen LogP contribution in [0.15, 0.2) is 29.2 Å². The number of rotatable bonds is 8. The second kappa shape index (κ2) is 9.48. The lowest BCUT2D eigenvalue weighted by Gasteiger charge is -2.31. The van der Waals surface area contributed by atoms with E-state index in [1.165, 1.54) is 4.31 Å². The quantitative estimate of drug-likeness (QED) is 0.750. The summed E-state index contributed by atoms with van der Waals surface area (Å²) in [5, 5.41) is 3.29. The number of carbonyl (C=O) groups is 1. The summed E-state index contributed by atoms with van der Waals surface area (Å²) in [6, 6.07) is 6.59. The first-order valence-corrected chi connectivity index (χ1v) is 10.9. The molecule has 1 amide bonds. The summed E-state index contributed by atoms with van der Waals surface area (Å²) >= 11 is 0. The van der Waals surface area contributed by atoms with Gasteiger partial charge in [-0.05, 0) is 63.0 Å². The van der Waals surface area contributed by atoms with Gasteiger partial charge in [0.1, 0.15) is 0 Å². The molecule has 1 aromatic rings. The molecule has 1 heterocycles. The molecular formula is C19H31N3O3S. The van der Waals surface area contributed by atoms with Crippen LogP contribution in [0, 0.1) is 0 Å². The van der Waals surface area contributed by atoms with E-state index in [1.54, 1.807) is 29.2 Å². The molecule has 26 heavy (non-hydrogen) atoms. The predicted octanol–water partition coefficient (Wildman–Crippen LogP) is 2.32. The van der Waals surface area contributed by atoms with Crippen molar-refractivity contribution in [1.29, 1.82) is 0 Å². The van der Waals surface area contributed by atoms with Crippen molar-refractivity contribution < 1.29 is 13.2 Å². The third-order valence-corrected chi connectivity index (χ3v) is 6.77. The van der Waals surface area contributed by atoms with Crippen LogP contribution in [0.1, 0.15) is 49.9 Å². The Morgan fingerprint density at radius 1 is 1.08 bits per heavy atom. The molecule has 0 aliphatic carbocycles. The van der Waals surface area contributed by atoms with Crippen molar-refractivity contribution in [2.24, 2.45) is 0 Å². The van der Waals surface area contributed by atoms with Crippen LogP contribution in [0.25, 0.3) is 0 Å². The zero-order chi connectivity index (χ0) is 19.2. The summed E-state index contributed by atoms with van der Waals surface area (Å²) in [5.74, 6) is -0.0557. The Balaban J connectivity index is 2.14. The Bertz CT molecular complexity index is 676. The zero-order valence-corrected chi connectivity index (χ0v) is 16.9. The van der Waals surface area contributed by atoms with Crippen LogP contribution in [0.5, 0.6) is 0 Å². The summed E-state index contributed by atoms with van der Waals surface area (Å²) in [6.45, 7) is 6.80. The molecule has 0 spiro atoms. The number of amides is 1. The highest BCUT2D eigenvalue weighted by Gasteiger charge is 2.25. The molecule has 0 aromatic heterocycles. The number of carbonyl (C=O) groups excluding carboxylic acids is 1. The van der Waals surface area contributed by atoms with E-state index in [0.29, 0.717) is 18.7 Å². The van der Waals surface area contributed by atoms with Crippen LogP contribution in [-0.4, -0.2) is 62.8 Å². The van der Waals surface area contributed by atoms with Gasteiger partial charge in [0.25, 0.3) is 5.91 Å². The van der Waals surface area contributed by atoms with Crippen molar-refractivity contribution in [2.75, 3.05) is 33.2 Å². The first-order chi connectivity index (χ1) is 12.4. The fourth-order valence-corrected chi connectivity index (χ4v) is 4.96. The van der Waals surface area contributed by atoms with Gasteiger partial charge in [-0.2, -0.15) is 4.31 Å². The molecule has 6 nitrogen and oxygen atoms in total. The Morgan fingerprint density at radius 3 is 2.12 bits per heavy atom. The third-order valence-electron chi connectivity index (χ3n) is 4.86. The number of piperidine rings is 1. The number of hydrogen-bond donors (Lipinski definition) is 1. The molecule has 1 aromatic carbocycles. The molecule has 0 unspecified atom stereocenters. The van der Waals surface area contributed by atoms with E-state index < -0.39 is 10.0 Å². The van der Waals surface area contributed by atoms with E-state index in [4.69, 9.17) is 0 Å². The van der Waals surface area contributed by atoms with Crippen LogP contribution in [0.4, 0.5) is 0 Å². The Kier molecular flexibility index (Phi) is 7.61. The van der Waals surface area contributed by atoms with Gasteiger partial charge in [-0.1, -0.05) is 13.8 Å². The van der Waals surface area contributed by atoms with E-state index >= 15 is 0 Å². The van der Waals surface area contributed by atoms with Crippen LogP contribution >= 0.6 is 0 Å². The van der Waals surface area contributed by atoms with Crippen molar-refractivity contribution in [3.05, 3.63) is 29.8 Å². The smallest absolute Gasteiger partial charge is 0.253 e. The van der Waals surface area contributed by atoms with E-state index in [2.05, 4.69) is 5.32 Å². The highest BCUT2D eigenvalue weighted by Crippen LogP contribution is 2.19. The molecule has 7 heteroatoms. The SMILES string of the molecule is CCCN(CCC)S(=O)(=O)c1ccc(C(=O)N(C)C2CCNCC2)cc1. The minimum absolute atomic E-state index is 0.0557. The van der Waals surface area contributed by atoms with Gasteiger partial charge >= 0.3 is 0 Å². The standard InChI is InChI=1S/C19H31N3O3S/c1-4-14-22(15-5-2)26(24,25)18-8-6-16(7-9-18)19(23)21(3)17-10-12-20-13-11-17/h6-9,17,20H,4-5,10-15H2,1-3H3. The lowest BCUT2D eigenvalue weighted by molar-refractivity contribution is 0.0703. The van der Waals surface area contributed by atoms with Crippen molar-refractivity contribution in [3.63, 3.8) is 0 Å². The minimum atomic E-state index is -3.51. The van der Waals surface area contributed by atoms with Crippen LogP contribution in [0.3, 0.4) is 0 Å². The molecule has 146 valence electrons. The lowest BCUT2D eigenvalue weighted by Crippen LogP contribution is -2.43. The Morgan fingerprint density at radius 2 is 1.62 bits per heavy atom. The number of nitrogens with one attached hydrogen (secondary N) is 1. The van der Waals surface area contributed by atoms with Gasteiger partial charge in [-0.25, -0.2) is 8.42 Å². The van der Waals surface area contributed by atoms with E-state index in [0.717, 1.165) is 38.8 Å². The summed E-state index contributed by atoms with van der Waals surface area (Å²) in [5.41, 5.74) is 0.530. The molecule has 0 atom stereocenters. The van der Waals surface area contributed by atoms with Gasteiger partial charge in [-0.15, -0.1) is 0 Å². The first-order valence-electron chi connectivity index (χ1n) is 9.49. The number of sulfonamides is 1. The predicted molar refractivity (Wildman–Crippen MR) is 104 cm³/mol. The molecule has 2 rings (SSSR count). The maximum atomic E-state index is 12.8. The molecule has 1 fully saturated rings. The maximum Gasteiger partial charge on any atom is 0.253 e. The Labute approximate surface area is 157 Å². The largest absolute Gasteiger partial charge is 0.339 e. The summed E-state index contributed by atoms with van der Waals surface area (Å²) in [6.07, 6.45) is 3.43. The molecule has 0 saturated carbocycles. The number of nitrogens with zero attached hydrogens (tertiary/aromatic N) is 2. The van der Waals surface area contributed by atoms with E-state index in [1.807, 2.05) is 20.9 Å². The Hall–Kier alpha value is -1.44. The van der Waals surface area contributed by atoms with Crippen molar-refractivity contribution in [3.8, 4) is 0 Å². The third kappa shape index (κ3) is 4.84. The second-order valence-corrected chi connectivity index (χ2v) is 8.76. The van der Waals surface area contributed by atoms with Crippen molar-refractivity contribution >= 4 is 15.9 Å². The fourth-order valence-electron chi connectivity index (χ4n) is 3.33. The summed E-state index contributed by atoms with van der Waals surface area (Å²) in [7, 11) is -1.68. The molecule has 1 saturated heterocycles. The van der Waals surface area contributed by atoms with Crippen LogP contribution < -0.4 is 5.32 Å². The monoisotopic (exact) mass is 381 g/mol. The molecule has 0 radical (unpaired) electrons. The lowest BCUT2D eigenvalue weighted by atomic mass is 10.0. The van der Waals surface area contributed by atoms with Gasteiger partial charge in [0.05, 0.1) is 4.90 Å². The summed E-state index contributed by atoms with van der Waals surface area (Å²) in [4.78, 5) is 14.7. The number of benzene rings is 1. The molecule has 0 bridgehead atoms. The van der Waals surface area contributed by atoms with Gasteiger partial charge < -0.3 is 10.2 Å². The summed E-state index contributed by atoms with van der Waals surface area (Å²) < 4.78 is 27.1. The minimum Gasteiger partial charge on any atom is -0.339 e. The second-order valence-electron chi connectivity index (χ2n) is 6.83. The highest BCUT2D eigenvalue weighted by atomic mass is 32.2. The van der Waals surface area contributed by atoms with Crippen LogP contribution in [0.2, 0.25) is 0 Å². The van der Waals surface area contributed by atoms with Gasteiger partial charge in [-0.3, -0.25) is 4.79 Å². The topological polar surface area (TPSA) is 69.7 Å². The molecule has 1 N–H and O–H groups in total. The average Bonchev–Trinajstić information content (AvgIpc) is 2.67. The van der Waals surface area contributed by atoms with E-state index in [9.17, 15) is 13.2 Å². The highest BCUT2D eigenvalue weighted by molar-refractivity contribution is 7.89. The zero-order valence-electron chi connectivity index (χ0n) is 16.1. The van der Waals surface area contributed by atoms with Crippen LogP contribution in [-0.2, 0) is 10.0 Å². The van der Waals surface area contributed by atoms with Gasteiger partial charge in [0.2, 0.25) is 10.0 Å². The molecular weight excluding hydrogens is 350 g/mol. The first kappa shape index (κ1) is 20.9. The van der Waals surface area contributed by atoms with Gasteiger partial charge in [0.15, 0.2) is 0 Å². The normalized spacial score (nSPS) is 16.0.